The minimum atomic E-state index is 0.596. The third-order valence-electron chi connectivity index (χ3n) is 4.97. The molecule has 0 saturated carbocycles. The van der Waals surface area contributed by atoms with Gasteiger partial charge in [-0.25, -0.2) is 0 Å². The molecule has 1 N–H and O–H groups in total. The van der Waals surface area contributed by atoms with Gasteiger partial charge in [-0.3, -0.25) is 4.90 Å². The maximum absolute atomic E-state index is 3.54. The van der Waals surface area contributed by atoms with Crippen LogP contribution in [0.1, 0.15) is 56.7 Å². The molecule has 0 aromatic carbocycles. The molecule has 0 radical (unpaired) electrons. The normalized spacial score (nSPS) is 18.7. The number of rotatable bonds is 8. The van der Waals surface area contributed by atoms with Crippen molar-refractivity contribution < 1.29 is 0 Å². The van der Waals surface area contributed by atoms with Crippen molar-refractivity contribution in [3.05, 3.63) is 21.9 Å². The van der Waals surface area contributed by atoms with Gasteiger partial charge >= 0.3 is 0 Å². The van der Waals surface area contributed by atoms with Crippen molar-refractivity contribution in [3.8, 4) is 0 Å². The molecule has 1 aromatic rings. The van der Waals surface area contributed by atoms with Crippen LogP contribution in [0.15, 0.2) is 12.1 Å². The molecule has 0 atom stereocenters. The molecule has 2 heterocycles. The summed E-state index contributed by atoms with van der Waals surface area (Å²) in [5.74, 6) is 0.727. The predicted octanol–water partition coefficient (Wildman–Crippen LogP) is 4.51. The van der Waals surface area contributed by atoms with E-state index >= 15 is 0 Å². The molecule has 21 heavy (non-hydrogen) atoms. The summed E-state index contributed by atoms with van der Waals surface area (Å²) in [7, 11) is 0. The lowest BCUT2D eigenvalue weighted by atomic mass is 9.82. The van der Waals surface area contributed by atoms with Gasteiger partial charge < -0.3 is 5.32 Å². The van der Waals surface area contributed by atoms with Gasteiger partial charge in [-0.1, -0.05) is 27.7 Å². The largest absolute Gasteiger partial charge is 0.312 e. The van der Waals surface area contributed by atoms with Crippen LogP contribution in [0, 0.1) is 11.3 Å². The monoisotopic (exact) mass is 308 g/mol. The van der Waals surface area contributed by atoms with E-state index in [1.807, 2.05) is 11.3 Å². The summed E-state index contributed by atoms with van der Waals surface area (Å²) in [5, 5.41) is 3.54. The van der Waals surface area contributed by atoms with E-state index in [0.29, 0.717) is 5.41 Å². The third-order valence-corrected chi connectivity index (χ3v) is 6.04. The Hall–Kier alpha value is -0.380. The van der Waals surface area contributed by atoms with Crippen LogP contribution in [0.5, 0.6) is 0 Å². The molecule has 1 aliphatic rings. The van der Waals surface area contributed by atoms with Gasteiger partial charge in [0.05, 0.1) is 0 Å². The van der Waals surface area contributed by atoms with Gasteiger partial charge in [0.2, 0.25) is 0 Å². The lowest BCUT2D eigenvalue weighted by molar-refractivity contribution is 0.237. The number of thiophene rings is 1. The van der Waals surface area contributed by atoms with Crippen molar-refractivity contribution in [1.82, 2.24) is 10.2 Å². The highest BCUT2D eigenvalue weighted by Crippen LogP contribution is 2.37. The van der Waals surface area contributed by atoms with Gasteiger partial charge in [0.1, 0.15) is 0 Å². The number of hydrogen-bond acceptors (Lipinski definition) is 3. The first kappa shape index (κ1) is 17.0. The average molecular weight is 309 g/mol. The van der Waals surface area contributed by atoms with Gasteiger partial charge in [-0.05, 0) is 55.8 Å². The highest BCUT2D eigenvalue weighted by molar-refractivity contribution is 7.11. The molecule has 3 heteroatoms. The summed E-state index contributed by atoms with van der Waals surface area (Å²) in [6.45, 7) is 15.1. The minimum absolute atomic E-state index is 0.596. The summed E-state index contributed by atoms with van der Waals surface area (Å²) < 4.78 is 0. The van der Waals surface area contributed by atoms with Crippen LogP contribution in [0.3, 0.4) is 0 Å². The Morgan fingerprint density at radius 2 is 1.95 bits per heavy atom. The van der Waals surface area contributed by atoms with Crippen LogP contribution in [0.25, 0.3) is 0 Å². The summed E-state index contributed by atoms with van der Waals surface area (Å²) >= 11 is 1.98. The highest BCUT2D eigenvalue weighted by atomic mass is 32.1. The predicted molar refractivity (Wildman–Crippen MR) is 93.8 cm³/mol. The average Bonchev–Trinajstić information content (AvgIpc) is 3.07. The molecule has 0 unspecified atom stereocenters. The molecule has 1 aliphatic heterocycles. The molecule has 120 valence electrons. The molecule has 1 fully saturated rings. The Bertz CT molecular complexity index is 421. The Kier molecular flexibility index (Phi) is 6.27. The van der Waals surface area contributed by atoms with Crippen LogP contribution < -0.4 is 5.32 Å². The van der Waals surface area contributed by atoms with Gasteiger partial charge in [-0.2, -0.15) is 0 Å². The first-order valence-electron chi connectivity index (χ1n) is 8.57. The maximum atomic E-state index is 3.54. The molecular weight excluding hydrogens is 276 g/mol. The van der Waals surface area contributed by atoms with E-state index in [2.05, 4.69) is 50.0 Å². The van der Waals surface area contributed by atoms with E-state index in [9.17, 15) is 0 Å². The van der Waals surface area contributed by atoms with Crippen LogP contribution in [0.4, 0.5) is 0 Å². The molecule has 2 nitrogen and oxygen atoms in total. The van der Waals surface area contributed by atoms with Crippen LogP contribution in [-0.2, 0) is 13.1 Å². The number of nitrogens with one attached hydrogen (secondary N) is 1. The third kappa shape index (κ3) is 4.80. The molecule has 0 amide bonds. The zero-order valence-corrected chi connectivity index (χ0v) is 15.1. The Morgan fingerprint density at radius 1 is 1.24 bits per heavy atom. The van der Waals surface area contributed by atoms with E-state index < -0.39 is 0 Å². The van der Waals surface area contributed by atoms with Crippen LogP contribution in [-0.4, -0.2) is 24.5 Å². The standard InChI is InChI=1S/C18H32N2S/c1-5-18(6-2)9-10-20(14-18)13-17-8-7-16(21-17)12-19-11-15(3)4/h7-8,15,19H,5-6,9-14H2,1-4H3. The van der Waals surface area contributed by atoms with Crippen molar-refractivity contribution in [2.75, 3.05) is 19.6 Å². The van der Waals surface area contributed by atoms with E-state index in [-0.39, 0.29) is 0 Å². The summed E-state index contributed by atoms with van der Waals surface area (Å²) in [6.07, 6.45) is 4.04. The van der Waals surface area contributed by atoms with Crippen molar-refractivity contribution in [3.63, 3.8) is 0 Å². The second-order valence-electron chi connectivity index (χ2n) is 7.06. The van der Waals surface area contributed by atoms with E-state index in [4.69, 9.17) is 0 Å². The molecule has 0 aliphatic carbocycles. The second kappa shape index (κ2) is 7.75. The first-order valence-corrected chi connectivity index (χ1v) is 9.39. The SMILES string of the molecule is CCC1(CC)CCN(Cc2ccc(CNCC(C)C)s2)C1. The summed E-state index contributed by atoms with van der Waals surface area (Å²) in [5.41, 5.74) is 0.596. The Morgan fingerprint density at radius 3 is 2.57 bits per heavy atom. The van der Waals surface area contributed by atoms with Crippen LogP contribution in [0.2, 0.25) is 0 Å². The zero-order chi connectivity index (χ0) is 15.3. The highest BCUT2D eigenvalue weighted by Gasteiger charge is 2.34. The van der Waals surface area contributed by atoms with Crippen LogP contribution >= 0.6 is 11.3 Å². The number of likely N-dealkylation sites (tertiary alicyclic amines) is 1. The fourth-order valence-electron chi connectivity index (χ4n) is 3.30. The lowest BCUT2D eigenvalue weighted by Gasteiger charge is -2.26. The van der Waals surface area contributed by atoms with Crippen molar-refractivity contribution in [2.45, 2.75) is 60.0 Å². The molecule has 1 aromatic heterocycles. The topological polar surface area (TPSA) is 15.3 Å². The molecule has 0 spiro atoms. The summed E-state index contributed by atoms with van der Waals surface area (Å²) in [6, 6.07) is 4.63. The second-order valence-corrected chi connectivity index (χ2v) is 8.31. The Balaban J connectivity index is 1.80. The van der Waals surface area contributed by atoms with E-state index in [1.54, 1.807) is 0 Å². The van der Waals surface area contributed by atoms with E-state index in [0.717, 1.165) is 25.6 Å². The van der Waals surface area contributed by atoms with Crippen molar-refractivity contribution in [2.24, 2.45) is 11.3 Å². The van der Waals surface area contributed by atoms with Crippen molar-refractivity contribution >= 4 is 11.3 Å². The molecular formula is C18H32N2S. The lowest BCUT2D eigenvalue weighted by Crippen LogP contribution is -2.25. The first-order chi connectivity index (χ1) is 10.1. The zero-order valence-electron chi connectivity index (χ0n) is 14.2. The van der Waals surface area contributed by atoms with Gasteiger partial charge in [-0.15, -0.1) is 11.3 Å². The fourth-order valence-corrected chi connectivity index (χ4v) is 4.33. The fraction of sp³-hybridized carbons (Fsp3) is 0.778. The maximum Gasteiger partial charge on any atom is 0.0328 e. The van der Waals surface area contributed by atoms with E-state index in [1.165, 1.54) is 42.1 Å². The summed E-state index contributed by atoms with van der Waals surface area (Å²) in [4.78, 5) is 5.66. The number of nitrogens with zero attached hydrogens (tertiary/aromatic N) is 1. The van der Waals surface area contributed by atoms with Gasteiger partial charge in [0, 0.05) is 29.4 Å². The minimum Gasteiger partial charge on any atom is -0.312 e. The molecule has 0 bridgehead atoms. The smallest absolute Gasteiger partial charge is 0.0328 e. The number of hydrogen-bond donors (Lipinski definition) is 1. The molecule has 2 rings (SSSR count). The van der Waals surface area contributed by atoms with Gasteiger partial charge in [0.15, 0.2) is 0 Å². The Labute approximate surface area is 134 Å². The van der Waals surface area contributed by atoms with Crippen molar-refractivity contribution in [1.29, 1.82) is 0 Å². The molecule has 1 saturated heterocycles. The van der Waals surface area contributed by atoms with Gasteiger partial charge in [0.25, 0.3) is 0 Å². The quantitative estimate of drug-likeness (QED) is 0.760.